The average Bonchev–Trinajstić information content (AvgIpc) is 2.25. The Bertz CT molecular complexity index is 309. The van der Waals surface area contributed by atoms with Crippen molar-refractivity contribution in [3.63, 3.8) is 0 Å². The SMILES string of the molecule is C/C=C\C(=C/C)CNc1ccccc1. The minimum Gasteiger partial charge on any atom is -0.381 e. The fraction of sp³-hybridized carbons (Fsp3) is 0.231. The number of anilines is 1. The number of para-hydroxylation sites is 1. The third kappa shape index (κ3) is 3.48. The summed E-state index contributed by atoms with van der Waals surface area (Å²) in [4.78, 5) is 0. The Kier molecular flexibility index (Phi) is 4.56. The summed E-state index contributed by atoms with van der Waals surface area (Å²) in [5, 5.41) is 3.36. The molecule has 14 heavy (non-hydrogen) atoms. The molecule has 1 heteroatoms. The van der Waals surface area contributed by atoms with Gasteiger partial charge in [-0.05, 0) is 31.6 Å². The van der Waals surface area contributed by atoms with Crippen molar-refractivity contribution >= 4 is 5.69 Å². The molecule has 0 radical (unpaired) electrons. The van der Waals surface area contributed by atoms with E-state index in [1.807, 2.05) is 25.1 Å². The van der Waals surface area contributed by atoms with Gasteiger partial charge in [-0.2, -0.15) is 0 Å². The Morgan fingerprint density at radius 1 is 1.21 bits per heavy atom. The minimum absolute atomic E-state index is 0.880. The molecule has 0 saturated carbocycles. The second-order valence-corrected chi connectivity index (χ2v) is 3.08. The van der Waals surface area contributed by atoms with Crippen LogP contribution in [-0.2, 0) is 0 Å². The molecule has 1 N–H and O–H groups in total. The van der Waals surface area contributed by atoms with Crippen LogP contribution in [-0.4, -0.2) is 6.54 Å². The molecular formula is C13H17N. The molecule has 0 atom stereocenters. The Morgan fingerprint density at radius 3 is 2.50 bits per heavy atom. The number of nitrogens with one attached hydrogen (secondary N) is 1. The normalized spacial score (nSPS) is 12.0. The molecule has 0 aliphatic rings. The summed E-state index contributed by atoms with van der Waals surface area (Å²) < 4.78 is 0. The van der Waals surface area contributed by atoms with E-state index in [1.165, 1.54) is 5.57 Å². The third-order valence-corrected chi connectivity index (χ3v) is 2.02. The van der Waals surface area contributed by atoms with Gasteiger partial charge in [-0.15, -0.1) is 0 Å². The lowest BCUT2D eigenvalue weighted by molar-refractivity contribution is 1.25. The molecule has 74 valence electrons. The summed E-state index contributed by atoms with van der Waals surface area (Å²) in [6.07, 6.45) is 6.30. The molecule has 0 saturated heterocycles. The number of hydrogen-bond donors (Lipinski definition) is 1. The van der Waals surface area contributed by atoms with Crippen molar-refractivity contribution in [1.29, 1.82) is 0 Å². The quantitative estimate of drug-likeness (QED) is 0.710. The summed E-state index contributed by atoms with van der Waals surface area (Å²) in [7, 11) is 0. The van der Waals surface area contributed by atoms with Gasteiger partial charge in [0.25, 0.3) is 0 Å². The fourth-order valence-electron chi connectivity index (χ4n) is 1.23. The lowest BCUT2D eigenvalue weighted by Crippen LogP contribution is -2.02. The number of allylic oxidation sites excluding steroid dienone is 2. The maximum atomic E-state index is 3.36. The van der Waals surface area contributed by atoms with E-state index in [0.29, 0.717) is 0 Å². The number of hydrogen-bond acceptors (Lipinski definition) is 1. The van der Waals surface area contributed by atoms with Crippen molar-refractivity contribution in [2.24, 2.45) is 0 Å². The van der Waals surface area contributed by atoms with Crippen molar-refractivity contribution in [1.82, 2.24) is 0 Å². The smallest absolute Gasteiger partial charge is 0.0397 e. The predicted molar refractivity (Wildman–Crippen MR) is 63.5 cm³/mol. The van der Waals surface area contributed by atoms with Crippen molar-refractivity contribution in [2.45, 2.75) is 13.8 Å². The largest absolute Gasteiger partial charge is 0.381 e. The Labute approximate surface area is 86.2 Å². The molecular weight excluding hydrogens is 170 g/mol. The van der Waals surface area contributed by atoms with Crippen LogP contribution in [0, 0.1) is 0 Å². The molecule has 1 rings (SSSR count). The number of benzene rings is 1. The van der Waals surface area contributed by atoms with Crippen LogP contribution in [0.4, 0.5) is 5.69 Å². The molecule has 0 fully saturated rings. The van der Waals surface area contributed by atoms with E-state index < -0.39 is 0 Å². The van der Waals surface area contributed by atoms with Gasteiger partial charge in [0.2, 0.25) is 0 Å². The molecule has 0 aliphatic heterocycles. The van der Waals surface area contributed by atoms with Crippen LogP contribution < -0.4 is 5.32 Å². The van der Waals surface area contributed by atoms with Crippen LogP contribution >= 0.6 is 0 Å². The summed E-state index contributed by atoms with van der Waals surface area (Å²) in [5.74, 6) is 0. The minimum atomic E-state index is 0.880. The first-order valence-corrected chi connectivity index (χ1v) is 4.93. The van der Waals surface area contributed by atoms with Crippen LogP contribution in [0.3, 0.4) is 0 Å². The van der Waals surface area contributed by atoms with E-state index >= 15 is 0 Å². The van der Waals surface area contributed by atoms with Gasteiger partial charge in [0, 0.05) is 12.2 Å². The standard InChI is InChI=1S/C13H17N/c1-3-8-12(4-2)11-14-13-9-6-5-7-10-13/h3-10,14H,11H2,1-2H3/b8-3-,12-4+. The molecule has 1 nitrogen and oxygen atoms in total. The molecule has 0 unspecified atom stereocenters. The zero-order valence-corrected chi connectivity index (χ0v) is 8.83. The average molecular weight is 187 g/mol. The summed E-state index contributed by atoms with van der Waals surface area (Å²) >= 11 is 0. The molecule has 1 aromatic rings. The van der Waals surface area contributed by atoms with E-state index in [4.69, 9.17) is 0 Å². The van der Waals surface area contributed by atoms with E-state index in [0.717, 1.165) is 12.2 Å². The Balaban J connectivity index is 2.48. The van der Waals surface area contributed by atoms with Gasteiger partial charge < -0.3 is 5.32 Å². The first-order valence-electron chi connectivity index (χ1n) is 4.93. The Hall–Kier alpha value is -1.50. The van der Waals surface area contributed by atoms with Crippen molar-refractivity contribution in [2.75, 3.05) is 11.9 Å². The monoisotopic (exact) mass is 187 g/mol. The molecule has 0 spiro atoms. The van der Waals surface area contributed by atoms with Crippen molar-refractivity contribution < 1.29 is 0 Å². The first-order chi connectivity index (χ1) is 6.86. The first kappa shape index (κ1) is 10.6. The van der Waals surface area contributed by atoms with Crippen LogP contribution in [0.15, 0.2) is 54.1 Å². The third-order valence-electron chi connectivity index (χ3n) is 2.02. The Morgan fingerprint density at radius 2 is 1.93 bits per heavy atom. The molecule has 0 amide bonds. The molecule has 0 heterocycles. The highest BCUT2D eigenvalue weighted by Crippen LogP contribution is 2.06. The van der Waals surface area contributed by atoms with Gasteiger partial charge in [-0.1, -0.05) is 36.4 Å². The van der Waals surface area contributed by atoms with Crippen LogP contribution in [0.25, 0.3) is 0 Å². The summed E-state index contributed by atoms with van der Waals surface area (Å²) in [6, 6.07) is 10.2. The van der Waals surface area contributed by atoms with Gasteiger partial charge in [-0.3, -0.25) is 0 Å². The van der Waals surface area contributed by atoms with Gasteiger partial charge in [-0.25, -0.2) is 0 Å². The zero-order valence-electron chi connectivity index (χ0n) is 8.83. The predicted octanol–water partition coefficient (Wildman–Crippen LogP) is 3.62. The molecule has 0 aliphatic carbocycles. The van der Waals surface area contributed by atoms with E-state index in [9.17, 15) is 0 Å². The second-order valence-electron chi connectivity index (χ2n) is 3.08. The number of rotatable bonds is 4. The van der Waals surface area contributed by atoms with E-state index in [1.54, 1.807) is 0 Å². The maximum Gasteiger partial charge on any atom is 0.0397 e. The zero-order chi connectivity index (χ0) is 10.2. The van der Waals surface area contributed by atoms with Crippen LogP contribution in [0.1, 0.15) is 13.8 Å². The van der Waals surface area contributed by atoms with Crippen LogP contribution in [0.5, 0.6) is 0 Å². The molecule has 0 bridgehead atoms. The van der Waals surface area contributed by atoms with Crippen molar-refractivity contribution in [3.8, 4) is 0 Å². The van der Waals surface area contributed by atoms with Crippen LogP contribution in [0.2, 0.25) is 0 Å². The second kappa shape index (κ2) is 6.03. The summed E-state index contributed by atoms with van der Waals surface area (Å²) in [6.45, 7) is 4.97. The fourth-order valence-corrected chi connectivity index (χ4v) is 1.23. The maximum absolute atomic E-state index is 3.36. The van der Waals surface area contributed by atoms with Gasteiger partial charge >= 0.3 is 0 Å². The highest BCUT2D eigenvalue weighted by atomic mass is 14.9. The highest BCUT2D eigenvalue weighted by Gasteiger charge is 1.91. The van der Waals surface area contributed by atoms with Crippen molar-refractivity contribution in [3.05, 3.63) is 54.1 Å². The summed E-state index contributed by atoms with van der Waals surface area (Å²) in [5.41, 5.74) is 2.47. The highest BCUT2D eigenvalue weighted by molar-refractivity contribution is 5.44. The van der Waals surface area contributed by atoms with Gasteiger partial charge in [0.15, 0.2) is 0 Å². The lowest BCUT2D eigenvalue weighted by atomic mass is 10.2. The van der Waals surface area contributed by atoms with E-state index in [-0.39, 0.29) is 0 Å². The van der Waals surface area contributed by atoms with Gasteiger partial charge in [0.05, 0.1) is 0 Å². The van der Waals surface area contributed by atoms with E-state index in [2.05, 4.69) is 42.6 Å². The molecule has 0 aromatic heterocycles. The van der Waals surface area contributed by atoms with Gasteiger partial charge in [0.1, 0.15) is 0 Å². The lowest BCUT2D eigenvalue weighted by Gasteiger charge is -2.06. The molecule has 1 aromatic carbocycles. The topological polar surface area (TPSA) is 12.0 Å².